The molecule has 0 aliphatic carbocycles. The minimum absolute atomic E-state index is 0.469. The van der Waals surface area contributed by atoms with Gasteiger partial charge in [0, 0.05) is 17.4 Å². The molecule has 0 atom stereocenters. The van der Waals surface area contributed by atoms with E-state index in [0.717, 1.165) is 5.56 Å². The van der Waals surface area contributed by atoms with Crippen LogP contribution in [0, 0.1) is 0 Å². The number of oxime groups is 1. The fraction of sp³-hybridized carbons (Fsp3) is 0.0500. The Labute approximate surface area is 151 Å². The summed E-state index contributed by atoms with van der Waals surface area (Å²) < 4.78 is 5.08. The molecule has 130 valence electrons. The van der Waals surface area contributed by atoms with E-state index in [4.69, 9.17) is 9.57 Å². The molecule has 3 rings (SSSR count). The van der Waals surface area contributed by atoms with Crippen LogP contribution in [0.1, 0.15) is 11.3 Å². The zero-order valence-corrected chi connectivity index (χ0v) is 14.1. The molecule has 0 unspecified atom stereocenters. The third-order valence-corrected chi connectivity index (χ3v) is 3.51. The zero-order valence-electron chi connectivity index (χ0n) is 14.1. The molecule has 0 fully saturated rings. The SMILES string of the molecule is COc1ccc(NC(=O)O/N=C(\c2ccccc2)c2ccccn2)cc1. The van der Waals surface area contributed by atoms with E-state index in [0.29, 0.717) is 22.8 Å². The molecule has 0 bridgehead atoms. The fourth-order valence-electron chi connectivity index (χ4n) is 2.25. The Balaban J connectivity index is 1.76. The number of rotatable bonds is 5. The van der Waals surface area contributed by atoms with Crippen molar-refractivity contribution >= 4 is 17.5 Å². The van der Waals surface area contributed by atoms with Crippen molar-refractivity contribution in [2.75, 3.05) is 12.4 Å². The van der Waals surface area contributed by atoms with Crippen LogP contribution in [0.15, 0.2) is 84.1 Å². The Morgan fingerprint density at radius 1 is 0.962 bits per heavy atom. The van der Waals surface area contributed by atoms with E-state index >= 15 is 0 Å². The first kappa shape index (κ1) is 17.2. The zero-order chi connectivity index (χ0) is 18.2. The molecule has 1 aromatic heterocycles. The predicted molar refractivity (Wildman–Crippen MR) is 99.4 cm³/mol. The summed E-state index contributed by atoms with van der Waals surface area (Å²) in [7, 11) is 1.58. The van der Waals surface area contributed by atoms with Crippen LogP contribution in [0.3, 0.4) is 0 Å². The first-order valence-corrected chi connectivity index (χ1v) is 7.93. The van der Waals surface area contributed by atoms with Crippen LogP contribution in [-0.4, -0.2) is 23.9 Å². The number of hydrogen-bond donors (Lipinski definition) is 1. The number of carbonyl (C=O) groups is 1. The lowest BCUT2D eigenvalue weighted by atomic mass is 10.1. The largest absolute Gasteiger partial charge is 0.497 e. The van der Waals surface area contributed by atoms with Crippen LogP contribution in [0.25, 0.3) is 0 Å². The van der Waals surface area contributed by atoms with Crippen LogP contribution in [0.2, 0.25) is 0 Å². The molecule has 2 aromatic carbocycles. The van der Waals surface area contributed by atoms with Crippen molar-refractivity contribution in [2.24, 2.45) is 5.16 Å². The molecular formula is C20H17N3O3. The molecule has 6 heteroatoms. The van der Waals surface area contributed by atoms with Gasteiger partial charge in [0.2, 0.25) is 0 Å². The second-order valence-electron chi connectivity index (χ2n) is 5.25. The summed E-state index contributed by atoms with van der Waals surface area (Å²) in [6, 6.07) is 21.8. The summed E-state index contributed by atoms with van der Waals surface area (Å²) in [6.45, 7) is 0. The normalized spacial score (nSPS) is 10.9. The molecule has 0 saturated heterocycles. The van der Waals surface area contributed by atoms with Crippen LogP contribution < -0.4 is 10.1 Å². The van der Waals surface area contributed by atoms with Gasteiger partial charge in [-0.15, -0.1) is 0 Å². The summed E-state index contributed by atoms with van der Waals surface area (Å²) >= 11 is 0. The lowest BCUT2D eigenvalue weighted by molar-refractivity contribution is 0.166. The van der Waals surface area contributed by atoms with Gasteiger partial charge in [-0.1, -0.05) is 41.6 Å². The van der Waals surface area contributed by atoms with Crippen LogP contribution in [0.4, 0.5) is 10.5 Å². The summed E-state index contributed by atoms with van der Waals surface area (Å²) in [5, 5.41) is 6.62. The standard InChI is InChI=1S/C20H17N3O3/c1-25-17-12-10-16(11-13-17)22-20(24)26-23-19(15-7-3-2-4-8-15)18-9-5-6-14-21-18/h2-14H,1H3,(H,22,24)/b23-19+. The number of anilines is 1. The van der Waals surface area contributed by atoms with E-state index in [1.54, 1.807) is 43.6 Å². The van der Waals surface area contributed by atoms with E-state index in [1.165, 1.54) is 0 Å². The Morgan fingerprint density at radius 3 is 2.35 bits per heavy atom. The van der Waals surface area contributed by atoms with Gasteiger partial charge in [-0.3, -0.25) is 15.1 Å². The van der Waals surface area contributed by atoms with E-state index in [9.17, 15) is 4.79 Å². The summed E-state index contributed by atoms with van der Waals surface area (Å²) in [4.78, 5) is 21.4. The molecule has 0 aliphatic heterocycles. The molecule has 0 radical (unpaired) electrons. The van der Waals surface area contributed by atoms with Gasteiger partial charge < -0.3 is 4.74 Å². The maximum atomic E-state index is 12.0. The van der Waals surface area contributed by atoms with Gasteiger partial charge in [-0.2, -0.15) is 0 Å². The van der Waals surface area contributed by atoms with E-state index in [1.807, 2.05) is 42.5 Å². The number of pyridine rings is 1. The number of carbonyl (C=O) groups excluding carboxylic acids is 1. The van der Waals surface area contributed by atoms with Crippen LogP contribution >= 0.6 is 0 Å². The number of methoxy groups -OCH3 is 1. The maximum absolute atomic E-state index is 12.0. The quantitative estimate of drug-likeness (QED) is 0.429. The first-order valence-electron chi connectivity index (χ1n) is 7.93. The highest BCUT2D eigenvalue weighted by Gasteiger charge is 2.11. The highest BCUT2D eigenvalue weighted by molar-refractivity contribution is 6.11. The van der Waals surface area contributed by atoms with Crippen molar-refractivity contribution in [3.8, 4) is 5.75 Å². The average Bonchev–Trinajstić information content (AvgIpc) is 2.70. The van der Waals surface area contributed by atoms with E-state index < -0.39 is 6.09 Å². The molecule has 1 amide bonds. The van der Waals surface area contributed by atoms with Crippen molar-refractivity contribution in [3.63, 3.8) is 0 Å². The smallest absolute Gasteiger partial charge is 0.437 e. The third-order valence-electron chi connectivity index (χ3n) is 3.51. The molecule has 3 aromatic rings. The fourth-order valence-corrected chi connectivity index (χ4v) is 2.25. The number of hydrogen-bond acceptors (Lipinski definition) is 5. The maximum Gasteiger partial charge on any atom is 0.437 e. The molecule has 0 aliphatic rings. The molecule has 1 N–H and O–H groups in total. The van der Waals surface area contributed by atoms with Gasteiger partial charge in [0.05, 0.1) is 12.8 Å². The van der Waals surface area contributed by atoms with Crippen molar-refractivity contribution in [1.29, 1.82) is 0 Å². The Morgan fingerprint density at radius 2 is 1.69 bits per heavy atom. The van der Waals surface area contributed by atoms with Gasteiger partial charge in [-0.05, 0) is 36.4 Å². The Kier molecular flexibility index (Phi) is 5.57. The highest BCUT2D eigenvalue weighted by Crippen LogP contribution is 2.15. The van der Waals surface area contributed by atoms with Crippen LogP contribution in [0.5, 0.6) is 5.75 Å². The number of aromatic nitrogens is 1. The van der Waals surface area contributed by atoms with Crippen molar-refractivity contribution < 1.29 is 14.4 Å². The van der Waals surface area contributed by atoms with Crippen molar-refractivity contribution in [2.45, 2.75) is 0 Å². The topological polar surface area (TPSA) is 72.8 Å². The van der Waals surface area contributed by atoms with Crippen LogP contribution in [-0.2, 0) is 4.84 Å². The van der Waals surface area contributed by atoms with Crippen molar-refractivity contribution in [1.82, 2.24) is 4.98 Å². The number of benzene rings is 2. The average molecular weight is 347 g/mol. The van der Waals surface area contributed by atoms with E-state index in [2.05, 4.69) is 15.5 Å². The number of nitrogens with one attached hydrogen (secondary N) is 1. The van der Waals surface area contributed by atoms with E-state index in [-0.39, 0.29) is 0 Å². The number of nitrogens with zero attached hydrogens (tertiary/aromatic N) is 2. The molecular weight excluding hydrogens is 330 g/mol. The minimum Gasteiger partial charge on any atom is -0.497 e. The van der Waals surface area contributed by atoms with Gasteiger partial charge in [0.15, 0.2) is 0 Å². The van der Waals surface area contributed by atoms with Gasteiger partial charge in [0.1, 0.15) is 11.5 Å². The first-order chi connectivity index (χ1) is 12.8. The number of amides is 1. The monoisotopic (exact) mass is 347 g/mol. The minimum atomic E-state index is -0.695. The molecule has 1 heterocycles. The highest BCUT2D eigenvalue weighted by atomic mass is 16.7. The van der Waals surface area contributed by atoms with Gasteiger partial charge in [0.25, 0.3) is 0 Å². The summed E-state index contributed by atoms with van der Waals surface area (Å²) in [5.41, 5.74) is 2.44. The summed E-state index contributed by atoms with van der Waals surface area (Å²) in [5.74, 6) is 0.698. The number of ether oxygens (including phenoxy) is 1. The van der Waals surface area contributed by atoms with Gasteiger partial charge in [-0.25, -0.2) is 4.79 Å². The second kappa shape index (κ2) is 8.43. The van der Waals surface area contributed by atoms with Gasteiger partial charge >= 0.3 is 6.09 Å². The lowest BCUT2D eigenvalue weighted by Crippen LogP contribution is -2.13. The third kappa shape index (κ3) is 4.45. The predicted octanol–water partition coefficient (Wildman–Crippen LogP) is 4.09. The summed E-state index contributed by atoms with van der Waals surface area (Å²) in [6.07, 6.45) is 0.963. The lowest BCUT2D eigenvalue weighted by Gasteiger charge is -2.07. The molecule has 0 spiro atoms. The Hall–Kier alpha value is -3.67. The molecule has 6 nitrogen and oxygen atoms in total. The Bertz CT molecular complexity index is 838. The second-order valence-corrected chi connectivity index (χ2v) is 5.25. The molecule has 26 heavy (non-hydrogen) atoms. The van der Waals surface area contributed by atoms with Crippen molar-refractivity contribution in [3.05, 3.63) is 90.3 Å². The molecule has 0 saturated carbocycles.